The molecule has 2 N–H and O–H groups in total. The van der Waals surface area contributed by atoms with Crippen LogP contribution in [0.4, 0.5) is 4.79 Å². The molecule has 0 saturated heterocycles. The molecule has 0 radical (unpaired) electrons. The Labute approximate surface area is 154 Å². The van der Waals surface area contributed by atoms with Crippen molar-refractivity contribution in [3.05, 3.63) is 35.9 Å². The Kier molecular flexibility index (Phi) is 9.95. The lowest BCUT2D eigenvalue weighted by molar-refractivity contribution is -0.144. The smallest absolute Gasteiger partial charge is 0.407 e. The molecule has 0 bridgehead atoms. The third-order valence-corrected chi connectivity index (χ3v) is 5.52. The van der Waals surface area contributed by atoms with Crippen molar-refractivity contribution in [2.75, 3.05) is 25.9 Å². The summed E-state index contributed by atoms with van der Waals surface area (Å²) in [6, 6.07) is 8.49. The first kappa shape index (κ1) is 22.2. The van der Waals surface area contributed by atoms with Crippen LogP contribution < -0.4 is 10.4 Å². The van der Waals surface area contributed by atoms with Gasteiger partial charge >= 0.3 is 12.1 Å². The van der Waals surface area contributed by atoms with E-state index in [4.69, 9.17) is 14.0 Å². The van der Waals surface area contributed by atoms with Crippen LogP contribution in [0, 0.1) is 0 Å². The fourth-order valence-electron chi connectivity index (χ4n) is 2.07. The second kappa shape index (κ2) is 11.7. The standard InChI is InChI=1S/C17H27N2O6P/c1-4-23-16(20)14(3)19-26(22,25-5-2)12-11-18-17(21)24-13-15-9-7-6-8-10-15/h6-10,14H,4-5,11-13H2,1-3H3,(H,18,21)(H,19,22)/t14-,26?/m0/s1. The van der Waals surface area contributed by atoms with Crippen molar-refractivity contribution in [2.45, 2.75) is 33.4 Å². The maximum atomic E-state index is 12.8. The van der Waals surface area contributed by atoms with Gasteiger partial charge in [-0.05, 0) is 26.3 Å². The number of carbonyl (C=O) groups is 2. The molecule has 1 aromatic carbocycles. The summed E-state index contributed by atoms with van der Waals surface area (Å²) < 4.78 is 28.0. The average Bonchev–Trinajstić information content (AvgIpc) is 2.61. The van der Waals surface area contributed by atoms with Crippen LogP contribution in [0.25, 0.3) is 0 Å². The molecular weight excluding hydrogens is 359 g/mol. The van der Waals surface area contributed by atoms with Gasteiger partial charge < -0.3 is 19.3 Å². The van der Waals surface area contributed by atoms with Crippen LogP contribution in [-0.4, -0.2) is 44.0 Å². The lowest BCUT2D eigenvalue weighted by atomic mass is 10.2. The number of nitrogens with one attached hydrogen (secondary N) is 2. The van der Waals surface area contributed by atoms with Gasteiger partial charge in [-0.3, -0.25) is 9.36 Å². The van der Waals surface area contributed by atoms with E-state index < -0.39 is 25.6 Å². The Morgan fingerprint density at radius 2 is 1.81 bits per heavy atom. The molecule has 8 nitrogen and oxygen atoms in total. The normalized spacial score (nSPS) is 14.1. The molecule has 0 fully saturated rings. The molecule has 1 aromatic rings. The number of ether oxygens (including phenoxy) is 2. The van der Waals surface area contributed by atoms with Gasteiger partial charge in [0.05, 0.1) is 19.4 Å². The molecule has 26 heavy (non-hydrogen) atoms. The molecule has 0 heterocycles. The van der Waals surface area contributed by atoms with E-state index in [0.29, 0.717) is 0 Å². The van der Waals surface area contributed by atoms with Gasteiger partial charge in [0.15, 0.2) is 0 Å². The van der Waals surface area contributed by atoms with Crippen LogP contribution in [0.5, 0.6) is 0 Å². The van der Waals surface area contributed by atoms with E-state index in [9.17, 15) is 14.2 Å². The van der Waals surface area contributed by atoms with E-state index in [2.05, 4.69) is 10.4 Å². The molecule has 0 aliphatic carbocycles. The lowest BCUT2D eigenvalue weighted by Gasteiger charge is -2.22. The molecule has 0 aromatic heterocycles. The highest BCUT2D eigenvalue weighted by Crippen LogP contribution is 2.42. The summed E-state index contributed by atoms with van der Waals surface area (Å²) in [5, 5.41) is 5.20. The molecule has 1 rings (SSSR count). The second-order valence-electron chi connectivity index (χ2n) is 5.41. The minimum atomic E-state index is -3.31. The summed E-state index contributed by atoms with van der Waals surface area (Å²) in [6.45, 7) is 5.60. The fourth-order valence-corrected chi connectivity index (χ4v) is 3.92. The SMILES string of the molecule is CCOC(=O)[C@H](C)NP(=O)(CCNC(=O)OCc1ccccc1)OCC. The predicted octanol–water partition coefficient (Wildman–Crippen LogP) is 2.68. The van der Waals surface area contributed by atoms with Crippen LogP contribution >= 0.6 is 7.52 Å². The molecular formula is C17H27N2O6P. The number of rotatable bonds is 11. The monoisotopic (exact) mass is 386 g/mol. The van der Waals surface area contributed by atoms with Crippen molar-refractivity contribution in [2.24, 2.45) is 0 Å². The van der Waals surface area contributed by atoms with E-state index in [-0.39, 0.29) is 32.5 Å². The van der Waals surface area contributed by atoms with Crippen molar-refractivity contribution in [1.82, 2.24) is 10.4 Å². The van der Waals surface area contributed by atoms with Gasteiger partial charge in [0.25, 0.3) is 7.52 Å². The van der Waals surface area contributed by atoms with Crippen LogP contribution in [0.15, 0.2) is 30.3 Å². The summed E-state index contributed by atoms with van der Waals surface area (Å²) in [5.41, 5.74) is 0.868. The largest absolute Gasteiger partial charge is 0.465 e. The molecule has 0 spiro atoms. The molecule has 0 aliphatic heterocycles. The van der Waals surface area contributed by atoms with Crippen LogP contribution in [0.1, 0.15) is 26.3 Å². The highest BCUT2D eigenvalue weighted by molar-refractivity contribution is 7.56. The summed E-state index contributed by atoms with van der Waals surface area (Å²) in [5.74, 6) is -0.511. The molecule has 1 unspecified atom stereocenters. The Morgan fingerprint density at radius 1 is 1.12 bits per heavy atom. The van der Waals surface area contributed by atoms with Crippen molar-refractivity contribution < 1.29 is 28.2 Å². The van der Waals surface area contributed by atoms with Crippen molar-refractivity contribution >= 4 is 19.6 Å². The summed E-state index contributed by atoms with van der Waals surface area (Å²) >= 11 is 0. The number of hydrogen-bond acceptors (Lipinski definition) is 6. The lowest BCUT2D eigenvalue weighted by Crippen LogP contribution is -2.36. The van der Waals surface area contributed by atoms with Gasteiger partial charge in [-0.15, -0.1) is 0 Å². The third-order valence-electron chi connectivity index (χ3n) is 3.26. The minimum Gasteiger partial charge on any atom is -0.465 e. The number of carbonyl (C=O) groups excluding carboxylic acids is 2. The second-order valence-corrected chi connectivity index (χ2v) is 7.72. The number of esters is 1. The molecule has 9 heteroatoms. The zero-order valence-electron chi connectivity index (χ0n) is 15.4. The highest BCUT2D eigenvalue weighted by atomic mass is 31.2. The van der Waals surface area contributed by atoms with Gasteiger partial charge in [-0.25, -0.2) is 9.88 Å². The van der Waals surface area contributed by atoms with E-state index >= 15 is 0 Å². The van der Waals surface area contributed by atoms with Gasteiger partial charge in [0.2, 0.25) is 0 Å². The Morgan fingerprint density at radius 3 is 2.42 bits per heavy atom. The predicted molar refractivity (Wildman–Crippen MR) is 98.0 cm³/mol. The molecule has 146 valence electrons. The maximum Gasteiger partial charge on any atom is 0.407 e. The van der Waals surface area contributed by atoms with E-state index in [1.165, 1.54) is 0 Å². The summed E-state index contributed by atoms with van der Waals surface area (Å²) in [7, 11) is -3.31. The topological polar surface area (TPSA) is 103 Å². The van der Waals surface area contributed by atoms with Crippen LogP contribution in [-0.2, 0) is 30.0 Å². The third kappa shape index (κ3) is 8.47. The van der Waals surface area contributed by atoms with E-state index in [1.54, 1.807) is 20.8 Å². The first-order chi connectivity index (χ1) is 12.4. The van der Waals surface area contributed by atoms with E-state index in [1.807, 2.05) is 30.3 Å². The van der Waals surface area contributed by atoms with Crippen molar-refractivity contribution in [3.63, 3.8) is 0 Å². The summed E-state index contributed by atoms with van der Waals surface area (Å²) in [6.07, 6.45) is -0.597. The van der Waals surface area contributed by atoms with Gasteiger partial charge in [-0.1, -0.05) is 30.3 Å². The molecule has 0 saturated carbocycles. The van der Waals surface area contributed by atoms with E-state index in [0.717, 1.165) is 5.56 Å². The Bertz CT molecular complexity index is 611. The molecule has 0 aliphatic rings. The van der Waals surface area contributed by atoms with Crippen molar-refractivity contribution in [3.8, 4) is 0 Å². The number of hydrogen-bond donors (Lipinski definition) is 2. The number of benzene rings is 1. The van der Waals surface area contributed by atoms with Gasteiger partial charge in [0, 0.05) is 6.54 Å². The average molecular weight is 386 g/mol. The first-order valence-electron chi connectivity index (χ1n) is 8.52. The molecule has 1 amide bonds. The van der Waals surface area contributed by atoms with Gasteiger partial charge in [-0.2, -0.15) is 0 Å². The Balaban J connectivity index is 2.42. The van der Waals surface area contributed by atoms with Crippen LogP contribution in [0.3, 0.4) is 0 Å². The Hall–Kier alpha value is -1.89. The zero-order chi connectivity index (χ0) is 19.4. The fraction of sp³-hybridized carbons (Fsp3) is 0.529. The van der Waals surface area contributed by atoms with Crippen molar-refractivity contribution in [1.29, 1.82) is 0 Å². The quantitative estimate of drug-likeness (QED) is 0.445. The maximum absolute atomic E-state index is 12.8. The first-order valence-corrected chi connectivity index (χ1v) is 10.3. The summed E-state index contributed by atoms with van der Waals surface area (Å²) in [4.78, 5) is 23.4. The number of alkyl carbamates (subject to hydrolysis) is 1. The van der Waals surface area contributed by atoms with Crippen LogP contribution in [0.2, 0.25) is 0 Å². The minimum absolute atomic E-state index is 0.0189. The number of amides is 1. The zero-order valence-corrected chi connectivity index (χ0v) is 16.3. The van der Waals surface area contributed by atoms with Gasteiger partial charge in [0.1, 0.15) is 12.6 Å². The molecule has 2 atom stereocenters. The highest BCUT2D eigenvalue weighted by Gasteiger charge is 2.28.